The van der Waals surface area contributed by atoms with Crippen LogP contribution >= 0.6 is 11.3 Å². The molecule has 0 aromatic carbocycles. The number of aryl methyl sites for hydroxylation is 1. The third-order valence-electron chi connectivity index (χ3n) is 2.00. The fourth-order valence-corrected chi connectivity index (χ4v) is 1.89. The van der Waals surface area contributed by atoms with Crippen molar-refractivity contribution in [3.05, 3.63) is 40.5 Å². The molecule has 3 nitrogen and oxygen atoms in total. The van der Waals surface area contributed by atoms with Gasteiger partial charge in [0.1, 0.15) is 13.6 Å². The highest BCUT2D eigenvalue weighted by atomic mass is 32.1. The molecule has 0 radical (unpaired) electrons. The Hall–Kier alpha value is -1.71. The Kier molecular flexibility index (Phi) is 5.87. The fraction of sp³-hybridized carbons (Fsp3) is 0.200. The number of aromatic nitrogens is 2. The van der Waals surface area contributed by atoms with Crippen LogP contribution in [0.3, 0.4) is 0 Å². The van der Waals surface area contributed by atoms with Crippen molar-refractivity contribution in [1.29, 1.82) is 0 Å². The average Bonchev–Trinajstić information content (AvgIpc) is 2.78. The van der Waals surface area contributed by atoms with E-state index in [0.717, 1.165) is 12.4 Å². The molecule has 0 bridgehead atoms. The van der Waals surface area contributed by atoms with E-state index in [4.69, 9.17) is 0 Å². The van der Waals surface area contributed by atoms with Gasteiger partial charge in [-0.25, -0.2) is 0 Å². The van der Waals surface area contributed by atoms with Crippen LogP contribution in [-0.4, -0.2) is 12.4 Å². The van der Waals surface area contributed by atoms with Crippen LogP contribution in [0.15, 0.2) is 29.6 Å². The summed E-state index contributed by atoms with van der Waals surface area (Å²) in [5.41, 5.74) is 0. The number of halogens is 5. The molecule has 2 aromatic heterocycles. The first-order valence-electron chi connectivity index (χ1n) is 5.42. The number of hydrogen-bond acceptors (Lipinski definition) is 3. The maximum atomic E-state index is 12.7. The van der Waals surface area contributed by atoms with Gasteiger partial charge in [0.2, 0.25) is 0 Å². The van der Waals surface area contributed by atoms with Gasteiger partial charge in [0, 0.05) is 17.0 Å². The lowest BCUT2D eigenvalue weighted by atomic mass is 10.3. The summed E-state index contributed by atoms with van der Waals surface area (Å²) in [6.45, 7) is 0.735. The Morgan fingerprint density at radius 3 is 2.40 bits per heavy atom. The number of anilines is 1. The quantitative estimate of drug-likeness (QED) is 0.536. The summed E-state index contributed by atoms with van der Waals surface area (Å²) in [6.07, 6.45) is 0. The summed E-state index contributed by atoms with van der Waals surface area (Å²) in [4.78, 5) is 1.24. The van der Waals surface area contributed by atoms with Gasteiger partial charge in [-0.2, -0.15) is 4.39 Å². The van der Waals surface area contributed by atoms with Gasteiger partial charge in [-0.15, -0.1) is 16.0 Å². The molecular weight excluding hydrogens is 300 g/mol. The summed E-state index contributed by atoms with van der Waals surface area (Å²) in [5.74, 6) is 0.323. The maximum Gasteiger partial charge on any atom is 0.673 e. The first-order chi connectivity index (χ1) is 9.25. The molecule has 0 saturated carbocycles. The number of rotatable bonds is 3. The number of hydrogen-bond donors (Lipinski definition) is 1. The van der Waals surface area contributed by atoms with E-state index in [2.05, 4.69) is 16.5 Å². The smallest absolute Gasteiger partial charge is 0.418 e. The van der Waals surface area contributed by atoms with Crippen molar-refractivity contribution < 1.29 is 26.3 Å². The van der Waals surface area contributed by atoms with Crippen molar-refractivity contribution >= 4 is 24.4 Å². The van der Waals surface area contributed by atoms with Crippen LogP contribution in [0.5, 0.6) is 0 Å². The molecule has 10 heteroatoms. The van der Waals surface area contributed by atoms with E-state index in [-0.39, 0.29) is 0 Å². The average molecular weight is 311 g/mol. The molecular formula is C10H11BF5N3S. The zero-order valence-electron chi connectivity index (χ0n) is 10.4. The van der Waals surface area contributed by atoms with Crippen molar-refractivity contribution in [3.63, 3.8) is 0 Å². The molecule has 2 aromatic rings. The van der Waals surface area contributed by atoms with Crippen LogP contribution in [-0.2, 0) is 13.6 Å². The van der Waals surface area contributed by atoms with E-state index in [1.54, 1.807) is 24.5 Å². The molecule has 0 aliphatic carbocycles. The van der Waals surface area contributed by atoms with Crippen LogP contribution in [0.1, 0.15) is 4.88 Å². The van der Waals surface area contributed by atoms with E-state index in [1.807, 2.05) is 11.4 Å². The molecule has 0 atom stereocenters. The lowest BCUT2D eigenvalue weighted by Gasteiger charge is -1.99. The van der Waals surface area contributed by atoms with Crippen LogP contribution in [0.2, 0.25) is 0 Å². The Bertz CT molecular complexity index is 526. The predicted molar refractivity (Wildman–Crippen MR) is 67.2 cm³/mol. The molecule has 2 rings (SSSR count). The molecule has 0 unspecified atom stereocenters. The van der Waals surface area contributed by atoms with E-state index in [0.29, 0.717) is 0 Å². The van der Waals surface area contributed by atoms with Gasteiger partial charge < -0.3 is 17.3 Å². The summed E-state index contributed by atoms with van der Waals surface area (Å²) < 4.78 is 53.2. The standard InChI is InChI=1S/C10H10FN3S.BF4/c1-14-10(5-4-9(11)13-14)12-7-8-3-2-6-15-8;2-1(3,4)5/h2-6H,7H2,1H3;/q;-1/p+1. The molecule has 0 aliphatic rings. The minimum atomic E-state index is -6.00. The Morgan fingerprint density at radius 1 is 1.25 bits per heavy atom. The van der Waals surface area contributed by atoms with Crippen molar-refractivity contribution in [1.82, 2.24) is 5.10 Å². The van der Waals surface area contributed by atoms with Gasteiger partial charge in [0.05, 0.1) is 0 Å². The fourth-order valence-electron chi connectivity index (χ4n) is 1.25. The largest absolute Gasteiger partial charge is 0.673 e. The third-order valence-corrected chi connectivity index (χ3v) is 2.87. The summed E-state index contributed by atoms with van der Waals surface area (Å²) in [5, 5.41) is 8.88. The van der Waals surface area contributed by atoms with Crippen LogP contribution in [0.4, 0.5) is 27.5 Å². The van der Waals surface area contributed by atoms with Crippen molar-refractivity contribution in [2.45, 2.75) is 6.54 Å². The SMILES string of the molecule is C[n+]1nc(F)ccc1NCc1cccs1.F[B-](F)(F)F. The summed E-state index contributed by atoms with van der Waals surface area (Å²) in [7, 11) is -4.29. The molecule has 0 aliphatic heterocycles. The van der Waals surface area contributed by atoms with Crippen LogP contribution in [0, 0.1) is 5.95 Å². The minimum absolute atomic E-state index is 0.473. The van der Waals surface area contributed by atoms with Gasteiger partial charge in [-0.05, 0) is 11.4 Å². The highest BCUT2D eigenvalue weighted by Crippen LogP contribution is 2.10. The van der Waals surface area contributed by atoms with Gasteiger partial charge in [0.15, 0.2) is 0 Å². The van der Waals surface area contributed by atoms with E-state index < -0.39 is 13.2 Å². The zero-order chi connectivity index (χ0) is 15.2. The molecule has 0 saturated heterocycles. The molecule has 20 heavy (non-hydrogen) atoms. The topological polar surface area (TPSA) is 28.8 Å². The normalized spacial score (nSPS) is 10.7. The van der Waals surface area contributed by atoms with Crippen LogP contribution in [0.25, 0.3) is 0 Å². The van der Waals surface area contributed by atoms with Crippen molar-refractivity contribution in [2.75, 3.05) is 5.32 Å². The zero-order valence-corrected chi connectivity index (χ0v) is 11.2. The minimum Gasteiger partial charge on any atom is -0.418 e. The number of nitrogens with zero attached hydrogens (tertiary/aromatic N) is 2. The van der Waals surface area contributed by atoms with Crippen molar-refractivity contribution in [3.8, 4) is 0 Å². The van der Waals surface area contributed by atoms with Gasteiger partial charge in [-0.1, -0.05) is 11.2 Å². The predicted octanol–water partition coefficient (Wildman–Crippen LogP) is 3.02. The first-order valence-corrected chi connectivity index (χ1v) is 6.30. The van der Waals surface area contributed by atoms with Gasteiger partial charge in [0.25, 0.3) is 11.8 Å². The summed E-state index contributed by atoms with van der Waals surface area (Å²) >= 11 is 1.68. The number of nitrogens with one attached hydrogen (secondary N) is 1. The number of thiophene rings is 1. The van der Waals surface area contributed by atoms with E-state index in [9.17, 15) is 21.7 Å². The lowest BCUT2D eigenvalue weighted by molar-refractivity contribution is -0.719. The third kappa shape index (κ3) is 7.02. The highest BCUT2D eigenvalue weighted by molar-refractivity contribution is 7.09. The molecule has 0 spiro atoms. The molecule has 110 valence electrons. The first kappa shape index (κ1) is 16.3. The second-order valence-corrected chi connectivity index (χ2v) is 4.62. The van der Waals surface area contributed by atoms with Gasteiger partial charge >= 0.3 is 7.25 Å². The maximum absolute atomic E-state index is 12.7. The Balaban J connectivity index is 0.000000347. The highest BCUT2D eigenvalue weighted by Gasteiger charge is 2.20. The second-order valence-electron chi connectivity index (χ2n) is 3.59. The Labute approximate surface area is 116 Å². The van der Waals surface area contributed by atoms with Crippen LogP contribution < -0.4 is 10.00 Å². The van der Waals surface area contributed by atoms with Gasteiger partial charge in [-0.3, -0.25) is 5.32 Å². The lowest BCUT2D eigenvalue weighted by Crippen LogP contribution is -2.37. The van der Waals surface area contributed by atoms with E-state index >= 15 is 0 Å². The molecule has 2 heterocycles. The molecule has 0 amide bonds. The summed E-state index contributed by atoms with van der Waals surface area (Å²) in [6, 6.07) is 7.08. The monoisotopic (exact) mass is 311 g/mol. The van der Waals surface area contributed by atoms with Crippen molar-refractivity contribution in [2.24, 2.45) is 7.05 Å². The molecule has 1 N–H and O–H groups in total. The second kappa shape index (κ2) is 7.18. The van der Waals surface area contributed by atoms with E-state index in [1.165, 1.54) is 15.6 Å². The molecule has 0 fully saturated rings. The Morgan fingerprint density at radius 2 is 1.90 bits per heavy atom.